The van der Waals surface area contributed by atoms with E-state index < -0.39 is 5.97 Å². The van der Waals surface area contributed by atoms with Gasteiger partial charge in [0.05, 0.1) is 0 Å². The van der Waals surface area contributed by atoms with Gasteiger partial charge in [0.15, 0.2) is 0 Å². The number of hydrogen-bond acceptors (Lipinski definition) is 4. The van der Waals surface area contributed by atoms with Gasteiger partial charge in [-0.25, -0.2) is 4.79 Å². The Morgan fingerprint density at radius 1 is 1.43 bits per heavy atom. The number of carbonyl (C=O) groups excluding carboxylic acids is 1. The molecule has 2 rings (SSSR count). The van der Waals surface area contributed by atoms with Gasteiger partial charge < -0.3 is 15.1 Å². The van der Waals surface area contributed by atoms with Crippen molar-refractivity contribution in [3.05, 3.63) is 35.7 Å². The van der Waals surface area contributed by atoms with Gasteiger partial charge in [0, 0.05) is 32.0 Å². The lowest BCUT2D eigenvalue weighted by atomic mass is 9.99. The van der Waals surface area contributed by atoms with Gasteiger partial charge in [-0.1, -0.05) is 6.07 Å². The Labute approximate surface area is 122 Å². The summed E-state index contributed by atoms with van der Waals surface area (Å²) in [5, 5.41) is 17.7. The maximum Gasteiger partial charge on any atom is 0.328 e. The van der Waals surface area contributed by atoms with E-state index >= 15 is 0 Å². The average molecular weight is 290 g/mol. The highest BCUT2D eigenvalue weighted by Gasteiger charge is 2.24. The Bertz CT molecular complexity index is 539. The summed E-state index contributed by atoms with van der Waals surface area (Å²) in [7, 11) is 0. The first-order chi connectivity index (χ1) is 10.1. The summed E-state index contributed by atoms with van der Waals surface area (Å²) in [6, 6.07) is 3.25. The van der Waals surface area contributed by atoms with Gasteiger partial charge in [0.2, 0.25) is 0 Å². The molecule has 1 aromatic heterocycles. The molecule has 0 saturated carbocycles. The molecule has 1 saturated heterocycles. The van der Waals surface area contributed by atoms with E-state index in [1.54, 1.807) is 17.0 Å². The molecular formula is C15H18N2O4. The molecule has 1 aliphatic rings. The van der Waals surface area contributed by atoms with E-state index in [-0.39, 0.29) is 18.4 Å². The summed E-state index contributed by atoms with van der Waals surface area (Å²) in [6.07, 6.45) is 5.74. The Balaban J connectivity index is 2.04. The zero-order chi connectivity index (χ0) is 15.2. The molecule has 1 amide bonds. The number of nitrogens with zero attached hydrogens (tertiary/aromatic N) is 2. The van der Waals surface area contributed by atoms with E-state index in [9.17, 15) is 14.7 Å². The third-order valence-electron chi connectivity index (χ3n) is 3.49. The van der Waals surface area contributed by atoms with E-state index in [4.69, 9.17) is 5.11 Å². The number of piperidine rings is 1. The molecule has 1 atom stereocenters. The average Bonchev–Trinajstić information content (AvgIpc) is 2.52. The summed E-state index contributed by atoms with van der Waals surface area (Å²) >= 11 is 0. The molecule has 1 fully saturated rings. The number of pyridine rings is 1. The molecule has 21 heavy (non-hydrogen) atoms. The van der Waals surface area contributed by atoms with Crippen LogP contribution in [0.15, 0.2) is 24.4 Å². The fraction of sp³-hybridized carbons (Fsp3) is 0.400. The Morgan fingerprint density at radius 2 is 2.24 bits per heavy atom. The highest BCUT2D eigenvalue weighted by atomic mass is 16.4. The SMILES string of the molecule is O=C(O)C=Cc1ccc(C(=O)N2CCCC(CO)C2)nc1. The van der Waals surface area contributed by atoms with Crippen molar-refractivity contribution in [3.8, 4) is 0 Å². The molecular weight excluding hydrogens is 272 g/mol. The second-order valence-corrected chi connectivity index (χ2v) is 5.09. The zero-order valence-corrected chi connectivity index (χ0v) is 11.6. The topological polar surface area (TPSA) is 90.7 Å². The number of amides is 1. The van der Waals surface area contributed by atoms with E-state index in [2.05, 4.69) is 4.98 Å². The Hall–Kier alpha value is -2.21. The highest BCUT2D eigenvalue weighted by Crippen LogP contribution is 2.17. The number of carboxylic acids is 1. The van der Waals surface area contributed by atoms with Crippen LogP contribution in [0.4, 0.5) is 0 Å². The first kappa shape index (κ1) is 15.2. The number of rotatable bonds is 4. The fourth-order valence-corrected chi connectivity index (χ4v) is 2.36. The lowest BCUT2D eigenvalue weighted by molar-refractivity contribution is -0.131. The van der Waals surface area contributed by atoms with Crippen LogP contribution >= 0.6 is 0 Å². The standard InChI is InChI=1S/C15H18N2O4/c18-10-12-2-1-7-17(9-12)15(21)13-5-3-11(8-16-13)4-6-14(19)20/h3-6,8,12,18H,1-2,7,9-10H2,(H,19,20). The lowest BCUT2D eigenvalue weighted by Crippen LogP contribution is -2.41. The first-order valence-electron chi connectivity index (χ1n) is 6.87. The molecule has 1 aliphatic heterocycles. The van der Waals surface area contributed by atoms with Crippen molar-refractivity contribution in [2.45, 2.75) is 12.8 Å². The van der Waals surface area contributed by atoms with E-state index in [0.717, 1.165) is 18.9 Å². The minimum absolute atomic E-state index is 0.0934. The molecule has 1 aromatic rings. The van der Waals surface area contributed by atoms with Crippen molar-refractivity contribution in [3.63, 3.8) is 0 Å². The van der Waals surface area contributed by atoms with Crippen LogP contribution in [0.2, 0.25) is 0 Å². The maximum atomic E-state index is 12.3. The molecule has 6 nitrogen and oxygen atoms in total. The molecule has 0 radical (unpaired) electrons. The quantitative estimate of drug-likeness (QED) is 0.808. The van der Waals surface area contributed by atoms with Crippen molar-refractivity contribution in [1.82, 2.24) is 9.88 Å². The Kier molecular flexibility index (Phi) is 5.05. The lowest BCUT2D eigenvalue weighted by Gasteiger charge is -2.31. The number of hydrogen-bond donors (Lipinski definition) is 2. The monoisotopic (exact) mass is 290 g/mol. The Morgan fingerprint density at radius 3 is 2.86 bits per heavy atom. The number of aliphatic hydroxyl groups is 1. The predicted molar refractivity (Wildman–Crippen MR) is 76.6 cm³/mol. The highest BCUT2D eigenvalue weighted by molar-refractivity contribution is 5.92. The summed E-state index contributed by atoms with van der Waals surface area (Å²) in [5.74, 6) is -1.04. The van der Waals surface area contributed by atoms with Gasteiger partial charge in [-0.15, -0.1) is 0 Å². The summed E-state index contributed by atoms with van der Waals surface area (Å²) in [5.41, 5.74) is 0.960. The van der Waals surface area contributed by atoms with Crippen molar-refractivity contribution < 1.29 is 19.8 Å². The van der Waals surface area contributed by atoms with Crippen molar-refractivity contribution >= 4 is 18.0 Å². The molecule has 0 aromatic carbocycles. The summed E-state index contributed by atoms with van der Waals surface area (Å²) in [4.78, 5) is 28.5. The number of aliphatic carboxylic acids is 1. The molecule has 1 unspecified atom stereocenters. The van der Waals surface area contributed by atoms with Gasteiger partial charge in [-0.2, -0.15) is 0 Å². The van der Waals surface area contributed by atoms with E-state index in [1.807, 2.05) is 0 Å². The van der Waals surface area contributed by atoms with E-state index in [0.29, 0.717) is 24.3 Å². The van der Waals surface area contributed by atoms with Crippen molar-refractivity contribution in [1.29, 1.82) is 0 Å². The normalized spacial score (nSPS) is 18.9. The molecule has 0 bridgehead atoms. The van der Waals surface area contributed by atoms with Crippen LogP contribution in [0.1, 0.15) is 28.9 Å². The summed E-state index contributed by atoms with van der Waals surface area (Å²) < 4.78 is 0. The third-order valence-corrected chi connectivity index (χ3v) is 3.49. The fourth-order valence-electron chi connectivity index (χ4n) is 2.36. The first-order valence-corrected chi connectivity index (χ1v) is 6.87. The molecule has 6 heteroatoms. The second-order valence-electron chi connectivity index (χ2n) is 5.09. The van der Waals surface area contributed by atoms with Crippen LogP contribution in [-0.2, 0) is 4.79 Å². The van der Waals surface area contributed by atoms with E-state index in [1.165, 1.54) is 12.3 Å². The van der Waals surface area contributed by atoms with Crippen LogP contribution in [0.5, 0.6) is 0 Å². The minimum Gasteiger partial charge on any atom is -0.478 e. The zero-order valence-electron chi connectivity index (χ0n) is 11.6. The molecule has 2 N–H and O–H groups in total. The van der Waals surface area contributed by atoms with Crippen molar-refractivity contribution in [2.75, 3.05) is 19.7 Å². The van der Waals surface area contributed by atoms with Crippen LogP contribution in [-0.4, -0.2) is 51.7 Å². The second kappa shape index (κ2) is 6.99. The van der Waals surface area contributed by atoms with Gasteiger partial charge in [0.25, 0.3) is 5.91 Å². The van der Waals surface area contributed by atoms with Gasteiger partial charge in [0.1, 0.15) is 5.69 Å². The number of aliphatic hydroxyl groups excluding tert-OH is 1. The van der Waals surface area contributed by atoms with Crippen LogP contribution < -0.4 is 0 Å². The third kappa shape index (κ3) is 4.13. The van der Waals surface area contributed by atoms with Gasteiger partial charge in [-0.3, -0.25) is 9.78 Å². The molecule has 0 spiro atoms. The number of aromatic nitrogens is 1. The minimum atomic E-state index is -1.03. The molecule has 0 aliphatic carbocycles. The smallest absolute Gasteiger partial charge is 0.328 e. The predicted octanol–water partition coefficient (Wildman–Crippen LogP) is 1.02. The largest absolute Gasteiger partial charge is 0.478 e. The number of carbonyl (C=O) groups is 2. The van der Waals surface area contributed by atoms with Crippen LogP contribution in [0, 0.1) is 5.92 Å². The number of likely N-dealkylation sites (tertiary alicyclic amines) is 1. The maximum absolute atomic E-state index is 12.3. The van der Waals surface area contributed by atoms with Crippen LogP contribution in [0.25, 0.3) is 6.08 Å². The van der Waals surface area contributed by atoms with Gasteiger partial charge >= 0.3 is 5.97 Å². The van der Waals surface area contributed by atoms with Crippen molar-refractivity contribution in [2.24, 2.45) is 5.92 Å². The van der Waals surface area contributed by atoms with Crippen LogP contribution in [0.3, 0.4) is 0 Å². The molecule has 112 valence electrons. The summed E-state index contributed by atoms with van der Waals surface area (Å²) in [6.45, 7) is 1.32. The van der Waals surface area contributed by atoms with Gasteiger partial charge in [-0.05, 0) is 36.5 Å². The number of carboxylic acid groups (broad SMARTS) is 1. The molecule has 2 heterocycles.